The van der Waals surface area contributed by atoms with Crippen molar-refractivity contribution in [3.8, 4) is 0 Å². The number of hydrogen-bond donors (Lipinski definition) is 1. The smallest absolute Gasteiger partial charge is 0.0650 e. The Morgan fingerprint density at radius 1 is 1.39 bits per heavy atom. The maximum Gasteiger partial charge on any atom is 0.0650 e. The molecule has 2 fully saturated rings. The van der Waals surface area contributed by atoms with Crippen LogP contribution in [0, 0.1) is 9.49 Å². The largest absolute Gasteiger partial charge is 0.365 e. The molecular formula is C14H18ClIN2. The summed E-state index contributed by atoms with van der Waals surface area (Å²) in [5.74, 6) is 0.891. The van der Waals surface area contributed by atoms with Gasteiger partial charge in [0.1, 0.15) is 0 Å². The fourth-order valence-electron chi connectivity index (χ4n) is 2.75. The molecule has 1 aromatic carbocycles. The zero-order valence-electron chi connectivity index (χ0n) is 10.5. The first kappa shape index (κ1) is 13.0. The van der Waals surface area contributed by atoms with Gasteiger partial charge in [-0.25, -0.2) is 0 Å². The van der Waals surface area contributed by atoms with Crippen molar-refractivity contribution in [3.05, 3.63) is 26.8 Å². The molecule has 1 aliphatic heterocycles. The highest BCUT2D eigenvalue weighted by atomic mass is 127. The average molecular weight is 377 g/mol. The van der Waals surface area contributed by atoms with Gasteiger partial charge in [0.05, 0.1) is 10.7 Å². The molecule has 2 aliphatic rings. The number of rotatable bonds is 2. The van der Waals surface area contributed by atoms with E-state index in [-0.39, 0.29) is 0 Å². The Morgan fingerprint density at radius 3 is 2.83 bits per heavy atom. The topological polar surface area (TPSA) is 15.3 Å². The lowest BCUT2D eigenvalue weighted by atomic mass is 10.1. The fourth-order valence-corrected chi connectivity index (χ4v) is 3.72. The van der Waals surface area contributed by atoms with Crippen molar-refractivity contribution in [2.45, 2.75) is 31.8 Å². The van der Waals surface area contributed by atoms with Crippen LogP contribution in [0.25, 0.3) is 0 Å². The van der Waals surface area contributed by atoms with Gasteiger partial charge in [-0.05, 0) is 66.5 Å². The second-order valence-corrected chi connectivity index (χ2v) is 7.10. The molecule has 2 unspecified atom stereocenters. The Kier molecular flexibility index (Phi) is 3.74. The molecule has 2 nitrogen and oxygen atoms in total. The molecule has 18 heavy (non-hydrogen) atoms. The lowest BCUT2D eigenvalue weighted by molar-refractivity contribution is 0.376. The quantitative estimate of drug-likeness (QED) is 0.795. The summed E-state index contributed by atoms with van der Waals surface area (Å²) >= 11 is 8.71. The Bertz CT molecular complexity index is 447. The number of nitrogens with one attached hydrogen (secondary N) is 1. The highest BCUT2D eigenvalue weighted by Crippen LogP contribution is 2.36. The van der Waals surface area contributed by atoms with E-state index < -0.39 is 0 Å². The van der Waals surface area contributed by atoms with Crippen LogP contribution in [-0.2, 0) is 0 Å². The lowest BCUT2D eigenvalue weighted by Gasteiger charge is -2.41. The number of nitrogens with zero attached hydrogens (tertiary/aromatic N) is 1. The highest BCUT2D eigenvalue weighted by molar-refractivity contribution is 14.1. The molecule has 0 radical (unpaired) electrons. The van der Waals surface area contributed by atoms with E-state index in [4.69, 9.17) is 11.6 Å². The van der Waals surface area contributed by atoms with Crippen molar-refractivity contribution in [2.24, 2.45) is 5.92 Å². The van der Waals surface area contributed by atoms with Crippen LogP contribution in [0.1, 0.15) is 19.8 Å². The molecule has 98 valence electrons. The monoisotopic (exact) mass is 376 g/mol. The summed E-state index contributed by atoms with van der Waals surface area (Å²) < 4.78 is 1.20. The Morgan fingerprint density at radius 2 is 2.17 bits per heavy atom. The summed E-state index contributed by atoms with van der Waals surface area (Å²) in [6, 6.07) is 7.52. The van der Waals surface area contributed by atoms with Crippen molar-refractivity contribution in [3.63, 3.8) is 0 Å². The molecule has 0 spiro atoms. The first-order valence-corrected chi connectivity index (χ1v) is 8.06. The highest BCUT2D eigenvalue weighted by Gasteiger charge is 2.36. The predicted molar refractivity (Wildman–Crippen MR) is 85.5 cm³/mol. The molecule has 1 saturated carbocycles. The van der Waals surface area contributed by atoms with E-state index in [1.807, 2.05) is 0 Å². The lowest BCUT2D eigenvalue weighted by Crippen LogP contribution is -2.56. The summed E-state index contributed by atoms with van der Waals surface area (Å²) in [4.78, 5) is 2.47. The van der Waals surface area contributed by atoms with Crippen LogP contribution < -0.4 is 10.2 Å². The minimum Gasteiger partial charge on any atom is -0.365 e. The van der Waals surface area contributed by atoms with Crippen molar-refractivity contribution >= 4 is 39.9 Å². The zero-order chi connectivity index (χ0) is 12.7. The van der Waals surface area contributed by atoms with Gasteiger partial charge < -0.3 is 10.2 Å². The van der Waals surface area contributed by atoms with Crippen LogP contribution in [0.2, 0.25) is 5.02 Å². The number of hydrogen-bond acceptors (Lipinski definition) is 2. The summed E-state index contributed by atoms with van der Waals surface area (Å²) in [5.41, 5.74) is 1.19. The van der Waals surface area contributed by atoms with Crippen LogP contribution in [-0.4, -0.2) is 25.2 Å². The summed E-state index contributed by atoms with van der Waals surface area (Å²) in [6.45, 7) is 4.42. The fraction of sp³-hybridized carbons (Fsp3) is 0.571. The van der Waals surface area contributed by atoms with Gasteiger partial charge in [0.2, 0.25) is 0 Å². The molecular weight excluding hydrogens is 359 g/mol. The van der Waals surface area contributed by atoms with Gasteiger partial charge >= 0.3 is 0 Å². The van der Waals surface area contributed by atoms with E-state index >= 15 is 0 Å². The van der Waals surface area contributed by atoms with Crippen molar-refractivity contribution < 1.29 is 0 Å². The first-order valence-electron chi connectivity index (χ1n) is 6.60. The third-order valence-electron chi connectivity index (χ3n) is 4.01. The molecule has 4 heteroatoms. The third kappa shape index (κ3) is 2.63. The van der Waals surface area contributed by atoms with E-state index in [0.717, 1.165) is 24.0 Å². The average Bonchev–Trinajstić information content (AvgIpc) is 3.14. The standard InChI is InChI=1S/C14H18ClIN2/c1-9-7-17-13(10-2-3-10)8-18(9)14-5-4-11(16)6-12(14)15/h4-6,9-10,13,17H,2-3,7-8H2,1H3. The van der Waals surface area contributed by atoms with Crippen molar-refractivity contribution in [2.75, 3.05) is 18.0 Å². The van der Waals surface area contributed by atoms with Gasteiger partial charge in [-0.3, -0.25) is 0 Å². The van der Waals surface area contributed by atoms with Gasteiger partial charge in [0.15, 0.2) is 0 Å². The van der Waals surface area contributed by atoms with Crippen molar-refractivity contribution in [1.82, 2.24) is 5.32 Å². The molecule has 0 aromatic heterocycles. The molecule has 1 aromatic rings. The molecule has 0 amide bonds. The van der Waals surface area contributed by atoms with E-state index in [1.165, 1.54) is 22.1 Å². The molecule has 1 aliphatic carbocycles. The minimum absolute atomic E-state index is 0.512. The van der Waals surface area contributed by atoms with Gasteiger partial charge in [0.25, 0.3) is 0 Å². The van der Waals surface area contributed by atoms with Gasteiger partial charge in [-0.1, -0.05) is 11.6 Å². The number of benzene rings is 1. The molecule has 1 N–H and O–H groups in total. The van der Waals surface area contributed by atoms with Crippen LogP contribution in [0.3, 0.4) is 0 Å². The molecule has 3 rings (SSSR count). The molecule has 0 bridgehead atoms. The normalized spacial score (nSPS) is 28.5. The van der Waals surface area contributed by atoms with E-state index in [1.54, 1.807) is 0 Å². The Balaban J connectivity index is 1.83. The Hall–Kier alpha value is -0.0000000000000000555. The molecule has 1 saturated heterocycles. The van der Waals surface area contributed by atoms with Crippen LogP contribution in [0.4, 0.5) is 5.69 Å². The van der Waals surface area contributed by atoms with E-state index in [2.05, 4.69) is 57.9 Å². The number of piperazine rings is 1. The number of halogens is 2. The maximum atomic E-state index is 6.40. The SMILES string of the molecule is CC1CNC(C2CC2)CN1c1ccc(I)cc1Cl. The third-order valence-corrected chi connectivity index (χ3v) is 4.98. The summed E-state index contributed by atoms with van der Waals surface area (Å²) in [6.07, 6.45) is 2.78. The van der Waals surface area contributed by atoms with Crippen molar-refractivity contribution in [1.29, 1.82) is 0 Å². The summed E-state index contributed by atoms with van der Waals surface area (Å²) in [5, 5.41) is 4.55. The first-order chi connectivity index (χ1) is 8.65. The van der Waals surface area contributed by atoms with Gasteiger partial charge in [0, 0.05) is 28.7 Å². The molecule has 1 heterocycles. The maximum absolute atomic E-state index is 6.40. The van der Waals surface area contributed by atoms with Crippen LogP contribution in [0.5, 0.6) is 0 Å². The summed E-state index contributed by atoms with van der Waals surface area (Å²) in [7, 11) is 0. The van der Waals surface area contributed by atoms with Crippen LogP contribution in [0.15, 0.2) is 18.2 Å². The van der Waals surface area contributed by atoms with E-state index in [9.17, 15) is 0 Å². The predicted octanol–water partition coefficient (Wildman–Crippen LogP) is 3.52. The van der Waals surface area contributed by atoms with Gasteiger partial charge in [-0.15, -0.1) is 0 Å². The van der Waals surface area contributed by atoms with E-state index in [0.29, 0.717) is 12.1 Å². The second-order valence-electron chi connectivity index (χ2n) is 5.45. The Labute approximate surface area is 127 Å². The number of anilines is 1. The second kappa shape index (κ2) is 5.17. The zero-order valence-corrected chi connectivity index (χ0v) is 13.4. The molecule has 2 atom stereocenters. The minimum atomic E-state index is 0.512. The van der Waals surface area contributed by atoms with Gasteiger partial charge in [-0.2, -0.15) is 0 Å². The van der Waals surface area contributed by atoms with Crippen LogP contribution >= 0.6 is 34.2 Å².